The lowest BCUT2D eigenvalue weighted by atomic mass is 10.00. The minimum absolute atomic E-state index is 0.133. The lowest BCUT2D eigenvalue weighted by Crippen LogP contribution is -2.52. The third kappa shape index (κ3) is 3.48. The van der Waals surface area contributed by atoms with Crippen molar-refractivity contribution >= 4 is 5.91 Å². The predicted octanol–water partition coefficient (Wildman–Crippen LogP) is 1.02. The molecule has 3 aliphatic heterocycles. The van der Waals surface area contributed by atoms with E-state index in [2.05, 4.69) is 39.4 Å². The average molecular weight is 329 g/mol. The van der Waals surface area contributed by atoms with E-state index in [0.29, 0.717) is 19.2 Å². The predicted molar refractivity (Wildman–Crippen MR) is 92.8 cm³/mol. The van der Waals surface area contributed by atoms with Crippen molar-refractivity contribution in [1.82, 2.24) is 15.1 Å². The lowest BCUT2D eigenvalue weighted by molar-refractivity contribution is -0.123. The highest BCUT2D eigenvalue weighted by molar-refractivity contribution is 5.78. The van der Waals surface area contributed by atoms with E-state index in [1.807, 2.05) is 0 Å². The number of likely N-dealkylation sites (tertiary alicyclic amines) is 1. The van der Waals surface area contributed by atoms with Crippen LogP contribution in [0.3, 0.4) is 0 Å². The molecular formula is C19H27N3O2. The highest BCUT2D eigenvalue weighted by Gasteiger charge is 2.35. The maximum absolute atomic E-state index is 12.5. The number of benzene rings is 1. The number of ether oxygens (including phenoxy) is 1. The molecular weight excluding hydrogens is 302 g/mol. The molecule has 0 radical (unpaired) electrons. The minimum atomic E-state index is 0.133. The smallest absolute Gasteiger partial charge is 0.234 e. The molecule has 130 valence electrons. The summed E-state index contributed by atoms with van der Waals surface area (Å²) in [6.07, 6.45) is 3.57. The summed E-state index contributed by atoms with van der Waals surface area (Å²) in [4.78, 5) is 17.2. The number of hydrogen-bond donors (Lipinski definition) is 1. The number of rotatable bonds is 4. The molecule has 2 fully saturated rings. The van der Waals surface area contributed by atoms with Gasteiger partial charge in [0, 0.05) is 13.1 Å². The molecule has 4 rings (SSSR count). The number of amides is 1. The van der Waals surface area contributed by atoms with Gasteiger partial charge in [-0.15, -0.1) is 0 Å². The second-order valence-corrected chi connectivity index (χ2v) is 7.25. The lowest BCUT2D eigenvalue weighted by Gasteiger charge is -2.30. The van der Waals surface area contributed by atoms with Gasteiger partial charge in [0.05, 0.1) is 31.8 Å². The molecule has 5 nitrogen and oxygen atoms in total. The Morgan fingerprint density at radius 1 is 1.12 bits per heavy atom. The van der Waals surface area contributed by atoms with Gasteiger partial charge in [0.25, 0.3) is 0 Å². The Labute approximate surface area is 144 Å². The van der Waals surface area contributed by atoms with Gasteiger partial charge in [-0.25, -0.2) is 0 Å². The van der Waals surface area contributed by atoms with Crippen LogP contribution in [0.5, 0.6) is 0 Å². The molecule has 24 heavy (non-hydrogen) atoms. The zero-order valence-corrected chi connectivity index (χ0v) is 14.2. The Kier molecular flexibility index (Phi) is 4.83. The standard InChI is InChI=1S/C19H27N3O2/c23-19(12-21-10-7-15-5-1-2-6-16(15)11-21)20-17-13-24-14-18(17)22-8-3-4-9-22/h1-2,5-6,17-18H,3-4,7-14H2,(H,20,23)/t17-,18-/m1/s1. The van der Waals surface area contributed by atoms with E-state index in [-0.39, 0.29) is 11.9 Å². The van der Waals surface area contributed by atoms with E-state index in [1.54, 1.807) is 0 Å². The van der Waals surface area contributed by atoms with Crippen LogP contribution >= 0.6 is 0 Å². The van der Waals surface area contributed by atoms with E-state index in [9.17, 15) is 4.79 Å². The number of fused-ring (bicyclic) bond motifs is 1. The summed E-state index contributed by atoms with van der Waals surface area (Å²) in [6.45, 7) is 6.00. The zero-order valence-electron chi connectivity index (χ0n) is 14.2. The largest absolute Gasteiger partial charge is 0.378 e. The first-order valence-corrected chi connectivity index (χ1v) is 9.20. The van der Waals surface area contributed by atoms with Crippen LogP contribution in [-0.4, -0.2) is 67.2 Å². The maximum Gasteiger partial charge on any atom is 0.234 e. The molecule has 0 aliphatic carbocycles. The van der Waals surface area contributed by atoms with Crippen molar-refractivity contribution in [3.8, 4) is 0 Å². The van der Waals surface area contributed by atoms with Crippen molar-refractivity contribution in [1.29, 1.82) is 0 Å². The molecule has 0 saturated carbocycles. The summed E-state index contributed by atoms with van der Waals surface area (Å²) in [7, 11) is 0. The van der Waals surface area contributed by atoms with Crippen LogP contribution < -0.4 is 5.32 Å². The molecule has 0 unspecified atom stereocenters. The Morgan fingerprint density at radius 2 is 1.92 bits per heavy atom. The molecule has 1 amide bonds. The van der Waals surface area contributed by atoms with Crippen LogP contribution in [0.1, 0.15) is 24.0 Å². The summed E-state index contributed by atoms with van der Waals surface area (Å²) < 4.78 is 5.65. The van der Waals surface area contributed by atoms with Crippen molar-refractivity contribution in [3.05, 3.63) is 35.4 Å². The fraction of sp³-hybridized carbons (Fsp3) is 0.632. The van der Waals surface area contributed by atoms with E-state index in [4.69, 9.17) is 4.74 Å². The molecule has 0 aromatic heterocycles. The SMILES string of the molecule is O=C(CN1CCc2ccccc2C1)N[C@@H]1COC[C@H]1N1CCCC1. The number of carbonyl (C=O) groups excluding carboxylic acids is 1. The molecule has 5 heteroatoms. The van der Waals surface area contributed by atoms with Crippen LogP contribution in [0.2, 0.25) is 0 Å². The third-order valence-corrected chi connectivity index (χ3v) is 5.58. The van der Waals surface area contributed by atoms with Gasteiger partial charge in [-0.05, 0) is 43.5 Å². The molecule has 2 atom stereocenters. The fourth-order valence-electron chi connectivity index (χ4n) is 4.26. The molecule has 1 aromatic rings. The highest BCUT2D eigenvalue weighted by atomic mass is 16.5. The number of carbonyl (C=O) groups is 1. The van der Waals surface area contributed by atoms with Gasteiger partial charge < -0.3 is 10.1 Å². The summed E-state index contributed by atoms with van der Waals surface area (Å²) in [5.41, 5.74) is 2.78. The van der Waals surface area contributed by atoms with Gasteiger partial charge in [-0.3, -0.25) is 14.6 Å². The van der Waals surface area contributed by atoms with Crippen molar-refractivity contribution < 1.29 is 9.53 Å². The van der Waals surface area contributed by atoms with Crippen LogP contribution in [0.25, 0.3) is 0 Å². The third-order valence-electron chi connectivity index (χ3n) is 5.58. The van der Waals surface area contributed by atoms with Gasteiger partial charge in [-0.1, -0.05) is 24.3 Å². The quantitative estimate of drug-likeness (QED) is 0.896. The van der Waals surface area contributed by atoms with Gasteiger partial charge >= 0.3 is 0 Å². The van der Waals surface area contributed by atoms with Crippen LogP contribution in [-0.2, 0) is 22.5 Å². The topological polar surface area (TPSA) is 44.8 Å². The minimum Gasteiger partial charge on any atom is -0.378 e. The normalized spacial score (nSPS) is 28.0. The Hall–Kier alpha value is -1.43. The summed E-state index contributed by atoms with van der Waals surface area (Å²) in [5.74, 6) is 0.133. The maximum atomic E-state index is 12.5. The van der Waals surface area contributed by atoms with Crippen LogP contribution in [0.15, 0.2) is 24.3 Å². The van der Waals surface area contributed by atoms with Crippen LogP contribution in [0, 0.1) is 0 Å². The van der Waals surface area contributed by atoms with Crippen LogP contribution in [0.4, 0.5) is 0 Å². The number of hydrogen-bond acceptors (Lipinski definition) is 4. The second-order valence-electron chi connectivity index (χ2n) is 7.25. The van der Waals surface area contributed by atoms with Crippen molar-refractivity contribution in [2.24, 2.45) is 0 Å². The zero-order chi connectivity index (χ0) is 16.4. The van der Waals surface area contributed by atoms with Gasteiger partial charge in [0.2, 0.25) is 5.91 Å². The summed E-state index contributed by atoms with van der Waals surface area (Å²) in [6, 6.07) is 9.06. The second kappa shape index (κ2) is 7.21. The Morgan fingerprint density at radius 3 is 2.75 bits per heavy atom. The number of nitrogens with zero attached hydrogens (tertiary/aromatic N) is 2. The number of nitrogens with one attached hydrogen (secondary N) is 1. The monoisotopic (exact) mass is 329 g/mol. The van der Waals surface area contributed by atoms with E-state index in [1.165, 1.54) is 24.0 Å². The van der Waals surface area contributed by atoms with Crippen molar-refractivity contribution in [2.45, 2.75) is 37.9 Å². The van der Waals surface area contributed by atoms with Gasteiger partial charge in [-0.2, -0.15) is 0 Å². The first kappa shape index (κ1) is 16.1. The first-order chi connectivity index (χ1) is 11.8. The molecule has 3 heterocycles. The molecule has 2 saturated heterocycles. The van der Waals surface area contributed by atoms with E-state index >= 15 is 0 Å². The Balaban J connectivity index is 1.30. The first-order valence-electron chi connectivity index (χ1n) is 9.20. The summed E-state index contributed by atoms with van der Waals surface area (Å²) in [5, 5.41) is 3.23. The van der Waals surface area contributed by atoms with E-state index < -0.39 is 0 Å². The fourth-order valence-corrected chi connectivity index (χ4v) is 4.26. The van der Waals surface area contributed by atoms with Gasteiger partial charge in [0.15, 0.2) is 0 Å². The molecule has 0 spiro atoms. The van der Waals surface area contributed by atoms with Crippen molar-refractivity contribution in [3.63, 3.8) is 0 Å². The molecule has 3 aliphatic rings. The molecule has 1 N–H and O–H groups in total. The average Bonchev–Trinajstić information content (AvgIpc) is 3.25. The summed E-state index contributed by atoms with van der Waals surface area (Å²) >= 11 is 0. The van der Waals surface area contributed by atoms with Gasteiger partial charge in [0.1, 0.15) is 0 Å². The van der Waals surface area contributed by atoms with Crippen molar-refractivity contribution in [2.75, 3.05) is 39.4 Å². The van der Waals surface area contributed by atoms with E-state index in [0.717, 1.165) is 39.2 Å². The highest BCUT2D eigenvalue weighted by Crippen LogP contribution is 2.20. The molecule has 1 aromatic carbocycles. The Bertz CT molecular complexity index is 586. The molecule has 0 bridgehead atoms.